The molecule has 0 bridgehead atoms. The van der Waals surface area contributed by atoms with Gasteiger partial charge in [-0.05, 0) is 37.6 Å². The Morgan fingerprint density at radius 1 is 1.37 bits per heavy atom. The summed E-state index contributed by atoms with van der Waals surface area (Å²) < 4.78 is 15.1. The first kappa shape index (κ1) is 13.5. The van der Waals surface area contributed by atoms with Crippen LogP contribution in [-0.4, -0.2) is 31.6 Å². The Labute approximate surface area is 113 Å². The highest BCUT2D eigenvalue weighted by molar-refractivity contribution is 7.99. The highest BCUT2D eigenvalue weighted by Crippen LogP contribution is 2.23. The Morgan fingerprint density at radius 3 is 2.74 bits per heavy atom. The van der Waals surface area contributed by atoms with Crippen LogP contribution in [0.1, 0.15) is 11.4 Å². The van der Waals surface area contributed by atoms with E-state index in [2.05, 4.69) is 10.2 Å². The van der Waals surface area contributed by atoms with Gasteiger partial charge in [-0.2, -0.15) is 0 Å². The van der Waals surface area contributed by atoms with Crippen LogP contribution < -0.4 is 0 Å². The van der Waals surface area contributed by atoms with E-state index in [1.807, 2.05) is 0 Å². The molecule has 5 nitrogen and oxygen atoms in total. The molecule has 1 heterocycles. The summed E-state index contributed by atoms with van der Waals surface area (Å²) in [6.07, 6.45) is 0. The van der Waals surface area contributed by atoms with Gasteiger partial charge in [0.25, 0.3) is 0 Å². The predicted molar refractivity (Wildman–Crippen MR) is 69.2 cm³/mol. The fourth-order valence-corrected chi connectivity index (χ4v) is 2.42. The molecule has 0 atom stereocenters. The minimum absolute atomic E-state index is 0.119. The van der Waals surface area contributed by atoms with Gasteiger partial charge in [0.05, 0.1) is 11.4 Å². The Bertz CT molecular complexity index is 607. The molecule has 1 aromatic carbocycles. The van der Waals surface area contributed by atoms with Crippen molar-refractivity contribution < 1.29 is 14.3 Å². The summed E-state index contributed by atoms with van der Waals surface area (Å²) in [6.45, 7) is 3.52. The first-order valence-corrected chi connectivity index (χ1v) is 6.50. The molecule has 1 aromatic heterocycles. The van der Waals surface area contributed by atoms with Crippen molar-refractivity contribution in [3.05, 3.63) is 35.4 Å². The molecule has 0 aliphatic carbocycles. The molecule has 19 heavy (non-hydrogen) atoms. The molecule has 0 radical (unpaired) electrons. The predicted octanol–water partition coefficient (Wildman–Crippen LogP) is 2.20. The zero-order valence-corrected chi connectivity index (χ0v) is 11.2. The van der Waals surface area contributed by atoms with E-state index in [-0.39, 0.29) is 11.6 Å². The topological polar surface area (TPSA) is 68.0 Å². The monoisotopic (exact) mass is 281 g/mol. The number of aryl methyl sites for hydroxylation is 2. The highest BCUT2D eigenvalue weighted by Gasteiger charge is 2.13. The third-order valence-electron chi connectivity index (χ3n) is 2.40. The summed E-state index contributed by atoms with van der Waals surface area (Å²) in [5.74, 6) is -0.824. The number of rotatable bonds is 4. The number of halogens is 1. The number of hydrogen-bond donors (Lipinski definition) is 1. The Hall–Kier alpha value is -1.89. The molecular formula is C12H12FN3O2S. The minimum atomic E-state index is -0.937. The fraction of sp³-hybridized carbons (Fsp3) is 0.250. The summed E-state index contributed by atoms with van der Waals surface area (Å²) in [6, 6.07) is 4.59. The number of aromatic nitrogens is 3. The molecule has 0 amide bonds. The second-order valence-electron chi connectivity index (χ2n) is 4.03. The molecule has 1 N–H and O–H groups in total. The first-order chi connectivity index (χ1) is 8.97. The number of benzene rings is 1. The smallest absolute Gasteiger partial charge is 0.313 e. The molecule has 0 saturated carbocycles. The summed E-state index contributed by atoms with van der Waals surface area (Å²) in [5.41, 5.74) is 1.37. The third-order valence-corrected chi connectivity index (χ3v) is 3.32. The van der Waals surface area contributed by atoms with Crippen molar-refractivity contribution in [3.8, 4) is 5.69 Å². The normalized spacial score (nSPS) is 10.7. The molecule has 2 aromatic rings. The van der Waals surface area contributed by atoms with Crippen LogP contribution in [0.5, 0.6) is 0 Å². The summed E-state index contributed by atoms with van der Waals surface area (Å²) in [4.78, 5) is 10.6. The van der Waals surface area contributed by atoms with E-state index in [0.717, 1.165) is 17.3 Å². The Morgan fingerprint density at radius 2 is 2.11 bits per heavy atom. The lowest BCUT2D eigenvalue weighted by Gasteiger charge is -2.08. The Kier molecular flexibility index (Phi) is 3.84. The lowest BCUT2D eigenvalue weighted by atomic mass is 10.2. The maximum absolute atomic E-state index is 13.4. The maximum Gasteiger partial charge on any atom is 0.313 e. The van der Waals surface area contributed by atoms with E-state index in [0.29, 0.717) is 16.7 Å². The van der Waals surface area contributed by atoms with E-state index in [9.17, 15) is 9.18 Å². The number of aliphatic carboxylic acids is 1. The van der Waals surface area contributed by atoms with Crippen molar-refractivity contribution in [2.75, 3.05) is 5.75 Å². The van der Waals surface area contributed by atoms with Gasteiger partial charge in [-0.3, -0.25) is 9.36 Å². The summed E-state index contributed by atoms with van der Waals surface area (Å²) in [5, 5.41) is 16.9. The van der Waals surface area contributed by atoms with Crippen LogP contribution in [0.2, 0.25) is 0 Å². The van der Waals surface area contributed by atoms with Gasteiger partial charge in [-0.1, -0.05) is 11.8 Å². The molecule has 0 unspecified atom stereocenters. The van der Waals surface area contributed by atoms with Crippen LogP contribution in [-0.2, 0) is 4.79 Å². The van der Waals surface area contributed by atoms with Crippen molar-refractivity contribution in [2.45, 2.75) is 19.0 Å². The van der Waals surface area contributed by atoms with Crippen molar-refractivity contribution in [1.82, 2.24) is 14.8 Å². The van der Waals surface area contributed by atoms with E-state index in [1.54, 1.807) is 24.5 Å². The largest absolute Gasteiger partial charge is 0.481 e. The van der Waals surface area contributed by atoms with Gasteiger partial charge in [0.1, 0.15) is 11.6 Å². The molecule has 2 rings (SSSR count). The first-order valence-electron chi connectivity index (χ1n) is 5.51. The highest BCUT2D eigenvalue weighted by atomic mass is 32.2. The number of hydrogen-bond acceptors (Lipinski definition) is 4. The number of thioether (sulfide) groups is 1. The lowest BCUT2D eigenvalue weighted by molar-refractivity contribution is -0.133. The molecule has 100 valence electrons. The molecule has 0 aliphatic heterocycles. The molecule has 7 heteroatoms. The van der Waals surface area contributed by atoms with Gasteiger partial charge < -0.3 is 5.11 Å². The molecule has 0 aliphatic rings. The SMILES string of the molecule is Cc1cc(F)cc(-n2c(C)nnc2SCC(=O)O)c1. The molecule has 0 saturated heterocycles. The summed E-state index contributed by atoms with van der Waals surface area (Å²) in [7, 11) is 0. The molecule has 0 fully saturated rings. The quantitative estimate of drug-likeness (QED) is 0.870. The fourth-order valence-electron chi connectivity index (χ4n) is 1.71. The van der Waals surface area contributed by atoms with Crippen molar-refractivity contribution in [1.29, 1.82) is 0 Å². The van der Waals surface area contributed by atoms with Crippen LogP contribution >= 0.6 is 11.8 Å². The van der Waals surface area contributed by atoms with Crippen molar-refractivity contribution in [3.63, 3.8) is 0 Å². The van der Waals surface area contributed by atoms with Crippen LogP contribution in [0.15, 0.2) is 23.4 Å². The van der Waals surface area contributed by atoms with Gasteiger partial charge in [0, 0.05) is 0 Å². The van der Waals surface area contributed by atoms with E-state index >= 15 is 0 Å². The number of nitrogens with zero attached hydrogens (tertiary/aromatic N) is 3. The van der Waals surface area contributed by atoms with Gasteiger partial charge >= 0.3 is 5.97 Å². The second kappa shape index (κ2) is 5.40. The third kappa shape index (κ3) is 3.11. The van der Waals surface area contributed by atoms with Gasteiger partial charge in [0.15, 0.2) is 5.16 Å². The van der Waals surface area contributed by atoms with E-state index < -0.39 is 5.97 Å². The number of carboxylic acid groups (broad SMARTS) is 1. The Balaban J connectivity index is 2.43. The average molecular weight is 281 g/mol. The van der Waals surface area contributed by atoms with Crippen LogP contribution in [0.3, 0.4) is 0 Å². The molecule has 0 spiro atoms. The molecular weight excluding hydrogens is 269 g/mol. The van der Waals surface area contributed by atoms with E-state index in [4.69, 9.17) is 5.11 Å². The zero-order valence-electron chi connectivity index (χ0n) is 10.4. The second-order valence-corrected chi connectivity index (χ2v) is 4.98. The van der Waals surface area contributed by atoms with Gasteiger partial charge in [0.2, 0.25) is 0 Å². The van der Waals surface area contributed by atoms with Crippen molar-refractivity contribution in [2.24, 2.45) is 0 Å². The maximum atomic E-state index is 13.4. The van der Waals surface area contributed by atoms with Crippen LogP contribution in [0.4, 0.5) is 4.39 Å². The zero-order chi connectivity index (χ0) is 14.0. The van der Waals surface area contributed by atoms with E-state index in [1.165, 1.54) is 12.1 Å². The van der Waals surface area contributed by atoms with Crippen LogP contribution in [0, 0.1) is 19.7 Å². The summed E-state index contributed by atoms with van der Waals surface area (Å²) >= 11 is 1.05. The average Bonchev–Trinajstić information content (AvgIpc) is 2.66. The van der Waals surface area contributed by atoms with Gasteiger partial charge in [-0.25, -0.2) is 4.39 Å². The lowest BCUT2D eigenvalue weighted by Crippen LogP contribution is -2.03. The van der Waals surface area contributed by atoms with Gasteiger partial charge in [-0.15, -0.1) is 10.2 Å². The minimum Gasteiger partial charge on any atom is -0.481 e. The number of carboxylic acids is 1. The standard InChI is InChI=1S/C12H12FN3O2S/c1-7-3-9(13)5-10(4-7)16-8(2)14-15-12(16)19-6-11(17)18/h3-5H,6H2,1-2H3,(H,17,18). The van der Waals surface area contributed by atoms with Crippen LogP contribution in [0.25, 0.3) is 5.69 Å². The van der Waals surface area contributed by atoms with Crippen molar-refractivity contribution >= 4 is 17.7 Å². The number of carbonyl (C=O) groups is 1.